The Labute approximate surface area is 199 Å². The standard InChI is InChI=1S/C26H28N2O5S/c1-26(2,21-9-5-3-6-10-21)25(30)28-16-14-27(15-17-28)24(29)23-20(13-18-33-23)19-34(31,32)22-11-7-4-8-12-22/h3-13,18H,14-17,19H2,1-2H3. The highest BCUT2D eigenvalue weighted by molar-refractivity contribution is 7.90. The van der Waals surface area contributed by atoms with Gasteiger partial charge >= 0.3 is 0 Å². The predicted molar refractivity (Wildman–Crippen MR) is 128 cm³/mol. The summed E-state index contributed by atoms with van der Waals surface area (Å²) in [6, 6.07) is 19.3. The first kappa shape index (κ1) is 23.8. The van der Waals surface area contributed by atoms with E-state index in [-0.39, 0.29) is 28.2 Å². The molecule has 0 atom stereocenters. The number of benzene rings is 2. The Balaban J connectivity index is 1.42. The zero-order valence-corrected chi connectivity index (χ0v) is 20.1. The van der Waals surface area contributed by atoms with Crippen LogP contribution in [0.4, 0.5) is 0 Å². The van der Waals surface area contributed by atoms with Crippen molar-refractivity contribution in [2.45, 2.75) is 29.9 Å². The zero-order valence-electron chi connectivity index (χ0n) is 19.3. The normalized spacial score (nSPS) is 14.8. The fraction of sp³-hybridized carbons (Fsp3) is 0.308. The molecule has 4 rings (SSSR count). The number of carbonyl (C=O) groups excluding carboxylic acids is 2. The second-order valence-corrected chi connectivity index (χ2v) is 10.9. The molecule has 3 aromatic rings. The first-order chi connectivity index (χ1) is 16.2. The van der Waals surface area contributed by atoms with Gasteiger partial charge in [-0.1, -0.05) is 48.5 Å². The SMILES string of the molecule is CC(C)(C(=O)N1CCN(C(=O)c2occc2CS(=O)(=O)c2ccccc2)CC1)c1ccccc1. The van der Waals surface area contributed by atoms with Gasteiger partial charge in [0.1, 0.15) is 0 Å². The van der Waals surface area contributed by atoms with Gasteiger partial charge in [-0.15, -0.1) is 0 Å². The maximum absolute atomic E-state index is 13.2. The quantitative estimate of drug-likeness (QED) is 0.539. The topological polar surface area (TPSA) is 87.9 Å². The molecule has 1 saturated heterocycles. The van der Waals surface area contributed by atoms with E-state index in [1.807, 2.05) is 44.2 Å². The molecule has 0 spiro atoms. The van der Waals surface area contributed by atoms with Crippen molar-refractivity contribution in [3.63, 3.8) is 0 Å². The maximum atomic E-state index is 13.2. The lowest BCUT2D eigenvalue weighted by molar-refractivity contribution is -0.137. The minimum atomic E-state index is -3.62. The van der Waals surface area contributed by atoms with Crippen LogP contribution in [0.2, 0.25) is 0 Å². The van der Waals surface area contributed by atoms with E-state index < -0.39 is 15.3 Å². The van der Waals surface area contributed by atoms with Crippen LogP contribution in [0.25, 0.3) is 0 Å². The minimum absolute atomic E-state index is 0.0124. The smallest absolute Gasteiger partial charge is 0.289 e. The van der Waals surface area contributed by atoms with Crippen LogP contribution in [0.1, 0.15) is 35.5 Å². The van der Waals surface area contributed by atoms with Crippen molar-refractivity contribution >= 4 is 21.7 Å². The Hall–Kier alpha value is -3.39. The molecule has 34 heavy (non-hydrogen) atoms. The number of furan rings is 1. The summed E-state index contributed by atoms with van der Waals surface area (Å²) >= 11 is 0. The molecule has 0 unspecified atom stereocenters. The van der Waals surface area contributed by atoms with Gasteiger partial charge in [-0.3, -0.25) is 9.59 Å². The molecule has 8 heteroatoms. The van der Waals surface area contributed by atoms with Crippen molar-refractivity contribution in [2.24, 2.45) is 0 Å². The van der Waals surface area contributed by atoms with Crippen molar-refractivity contribution in [3.05, 3.63) is 89.9 Å². The number of rotatable bonds is 6. The van der Waals surface area contributed by atoms with Crippen LogP contribution >= 0.6 is 0 Å². The summed E-state index contributed by atoms with van der Waals surface area (Å²) in [5.74, 6) is -0.641. The van der Waals surface area contributed by atoms with Gasteiger partial charge in [-0.05, 0) is 37.6 Å². The van der Waals surface area contributed by atoms with E-state index in [1.165, 1.54) is 24.5 Å². The summed E-state index contributed by atoms with van der Waals surface area (Å²) in [5, 5.41) is 0. The predicted octanol–water partition coefficient (Wildman–Crippen LogP) is 3.52. The highest BCUT2D eigenvalue weighted by Crippen LogP contribution is 2.27. The van der Waals surface area contributed by atoms with Crippen molar-refractivity contribution in [1.82, 2.24) is 9.80 Å². The summed E-state index contributed by atoms with van der Waals surface area (Å²) < 4.78 is 30.9. The Bertz CT molecular complexity index is 1260. The number of carbonyl (C=O) groups is 2. The van der Waals surface area contributed by atoms with Gasteiger partial charge < -0.3 is 14.2 Å². The molecule has 0 aliphatic carbocycles. The van der Waals surface area contributed by atoms with Crippen LogP contribution in [-0.2, 0) is 25.8 Å². The molecular formula is C26H28N2O5S. The first-order valence-corrected chi connectivity index (χ1v) is 12.8. The number of hydrogen-bond acceptors (Lipinski definition) is 5. The average molecular weight is 481 g/mol. The number of hydrogen-bond donors (Lipinski definition) is 0. The van der Waals surface area contributed by atoms with Crippen molar-refractivity contribution < 1.29 is 22.4 Å². The number of piperazine rings is 1. The summed E-state index contributed by atoms with van der Waals surface area (Å²) in [5.41, 5.74) is 0.601. The summed E-state index contributed by atoms with van der Waals surface area (Å²) in [4.78, 5) is 29.9. The lowest BCUT2D eigenvalue weighted by Crippen LogP contribution is -2.54. The number of nitrogens with zero attached hydrogens (tertiary/aromatic N) is 2. The third-order valence-electron chi connectivity index (χ3n) is 6.27. The van der Waals surface area contributed by atoms with Crippen molar-refractivity contribution in [3.8, 4) is 0 Å². The van der Waals surface area contributed by atoms with E-state index in [0.717, 1.165) is 5.56 Å². The van der Waals surface area contributed by atoms with Crippen LogP contribution in [0.15, 0.2) is 82.3 Å². The van der Waals surface area contributed by atoms with E-state index in [4.69, 9.17) is 4.42 Å². The maximum Gasteiger partial charge on any atom is 0.289 e. The Kier molecular flexibility index (Phi) is 6.61. The van der Waals surface area contributed by atoms with Gasteiger partial charge in [0.05, 0.1) is 22.3 Å². The lowest BCUT2D eigenvalue weighted by atomic mass is 9.83. The van der Waals surface area contributed by atoms with Gasteiger partial charge in [0.15, 0.2) is 15.6 Å². The third kappa shape index (κ3) is 4.77. The molecule has 1 fully saturated rings. The van der Waals surface area contributed by atoms with E-state index in [9.17, 15) is 18.0 Å². The van der Waals surface area contributed by atoms with E-state index >= 15 is 0 Å². The molecular weight excluding hydrogens is 452 g/mol. The molecule has 2 amide bonds. The van der Waals surface area contributed by atoms with Gasteiger partial charge in [0.2, 0.25) is 5.91 Å². The molecule has 0 bridgehead atoms. The number of amides is 2. The molecule has 7 nitrogen and oxygen atoms in total. The van der Waals surface area contributed by atoms with Gasteiger partial charge in [-0.2, -0.15) is 0 Å². The molecule has 1 aliphatic heterocycles. The van der Waals surface area contributed by atoms with Crippen LogP contribution in [0.5, 0.6) is 0 Å². The molecule has 2 heterocycles. The average Bonchev–Trinajstić information content (AvgIpc) is 3.31. The van der Waals surface area contributed by atoms with Gasteiger partial charge in [0, 0.05) is 31.7 Å². The molecule has 0 radical (unpaired) electrons. The fourth-order valence-electron chi connectivity index (χ4n) is 4.18. The Morgan fingerprint density at radius 3 is 2.03 bits per heavy atom. The Morgan fingerprint density at radius 1 is 0.853 bits per heavy atom. The van der Waals surface area contributed by atoms with E-state index in [2.05, 4.69) is 0 Å². The molecule has 0 N–H and O–H groups in total. The van der Waals surface area contributed by atoms with Crippen LogP contribution in [0.3, 0.4) is 0 Å². The van der Waals surface area contributed by atoms with Gasteiger partial charge in [0.25, 0.3) is 5.91 Å². The highest BCUT2D eigenvalue weighted by atomic mass is 32.2. The van der Waals surface area contributed by atoms with Crippen LogP contribution in [-0.4, -0.2) is 56.2 Å². The molecule has 2 aromatic carbocycles. The van der Waals surface area contributed by atoms with E-state index in [1.54, 1.807) is 28.0 Å². The first-order valence-electron chi connectivity index (χ1n) is 11.2. The highest BCUT2D eigenvalue weighted by Gasteiger charge is 2.36. The van der Waals surface area contributed by atoms with Crippen molar-refractivity contribution in [1.29, 1.82) is 0 Å². The second-order valence-electron chi connectivity index (χ2n) is 8.92. The number of sulfone groups is 1. The van der Waals surface area contributed by atoms with Crippen LogP contribution in [0, 0.1) is 0 Å². The minimum Gasteiger partial charge on any atom is -0.459 e. The zero-order chi connectivity index (χ0) is 24.3. The van der Waals surface area contributed by atoms with Crippen molar-refractivity contribution in [2.75, 3.05) is 26.2 Å². The second kappa shape index (κ2) is 9.46. The lowest BCUT2D eigenvalue weighted by Gasteiger charge is -2.38. The summed E-state index contributed by atoms with van der Waals surface area (Å²) in [6.45, 7) is 5.31. The molecule has 178 valence electrons. The monoisotopic (exact) mass is 480 g/mol. The Morgan fingerprint density at radius 2 is 1.41 bits per heavy atom. The fourth-order valence-corrected chi connectivity index (χ4v) is 5.56. The molecule has 0 saturated carbocycles. The summed E-state index contributed by atoms with van der Waals surface area (Å²) in [7, 11) is -3.62. The van der Waals surface area contributed by atoms with E-state index in [0.29, 0.717) is 31.7 Å². The third-order valence-corrected chi connectivity index (χ3v) is 7.95. The molecule has 1 aromatic heterocycles. The van der Waals surface area contributed by atoms with Crippen LogP contribution < -0.4 is 0 Å². The molecule has 1 aliphatic rings. The van der Waals surface area contributed by atoms with Gasteiger partial charge in [-0.25, -0.2) is 8.42 Å². The summed E-state index contributed by atoms with van der Waals surface area (Å²) in [6.07, 6.45) is 1.34. The largest absolute Gasteiger partial charge is 0.459 e.